The normalized spacial score (nSPS) is 12.1. The SMILES string of the molecule is CCc1ccc(S(=O)(=O)NCCCC(C)C)cc1CN. The van der Waals surface area contributed by atoms with Crippen LogP contribution in [0.3, 0.4) is 0 Å². The van der Waals surface area contributed by atoms with E-state index in [2.05, 4.69) is 18.6 Å². The molecule has 1 rings (SSSR count). The molecule has 0 aromatic heterocycles. The molecule has 0 heterocycles. The molecule has 20 heavy (non-hydrogen) atoms. The van der Waals surface area contributed by atoms with E-state index in [-0.39, 0.29) is 0 Å². The molecule has 3 N–H and O–H groups in total. The van der Waals surface area contributed by atoms with Crippen molar-refractivity contribution in [1.29, 1.82) is 0 Å². The van der Waals surface area contributed by atoms with Crippen molar-refractivity contribution in [3.8, 4) is 0 Å². The molecular formula is C15H26N2O2S. The number of sulfonamides is 1. The zero-order valence-electron chi connectivity index (χ0n) is 12.6. The maximum atomic E-state index is 12.2. The Labute approximate surface area is 122 Å². The number of rotatable bonds is 8. The summed E-state index contributed by atoms with van der Waals surface area (Å²) in [6, 6.07) is 5.19. The minimum Gasteiger partial charge on any atom is -0.326 e. The van der Waals surface area contributed by atoms with Crippen LogP contribution in [0, 0.1) is 5.92 Å². The molecule has 0 radical (unpaired) electrons. The van der Waals surface area contributed by atoms with Gasteiger partial charge in [0, 0.05) is 13.1 Å². The summed E-state index contributed by atoms with van der Waals surface area (Å²) in [5.74, 6) is 0.590. The summed E-state index contributed by atoms with van der Waals surface area (Å²) in [6.45, 7) is 7.14. The Morgan fingerprint density at radius 3 is 2.50 bits per heavy atom. The fourth-order valence-electron chi connectivity index (χ4n) is 2.10. The van der Waals surface area contributed by atoms with Gasteiger partial charge in [0.1, 0.15) is 0 Å². The van der Waals surface area contributed by atoms with E-state index in [4.69, 9.17) is 5.73 Å². The first-order chi connectivity index (χ1) is 9.40. The summed E-state index contributed by atoms with van der Waals surface area (Å²) in [5.41, 5.74) is 7.68. The molecule has 0 aliphatic carbocycles. The van der Waals surface area contributed by atoms with Crippen molar-refractivity contribution in [2.45, 2.75) is 51.5 Å². The summed E-state index contributed by atoms with van der Waals surface area (Å²) in [6.07, 6.45) is 2.73. The molecule has 0 aliphatic heterocycles. The molecule has 1 aromatic carbocycles. The zero-order valence-corrected chi connectivity index (χ0v) is 13.5. The van der Waals surface area contributed by atoms with Crippen LogP contribution in [-0.4, -0.2) is 15.0 Å². The van der Waals surface area contributed by atoms with E-state index in [1.54, 1.807) is 12.1 Å². The Morgan fingerprint density at radius 1 is 1.25 bits per heavy atom. The highest BCUT2D eigenvalue weighted by atomic mass is 32.2. The molecule has 0 spiro atoms. The largest absolute Gasteiger partial charge is 0.326 e. The molecule has 4 nitrogen and oxygen atoms in total. The lowest BCUT2D eigenvalue weighted by Crippen LogP contribution is -2.25. The van der Waals surface area contributed by atoms with Crippen molar-refractivity contribution < 1.29 is 8.42 Å². The van der Waals surface area contributed by atoms with E-state index in [1.165, 1.54) is 0 Å². The lowest BCUT2D eigenvalue weighted by molar-refractivity contribution is 0.540. The van der Waals surface area contributed by atoms with Crippen molar-refractivity contribution in [2.24, 2.45) is 11.7 Å². The van der Waals surface area contributed by atoms with Gasteiger partial charge in [0.25, 0.3) is 0 Å². The predicted molar refractivity (Wildman–Crippen MR) is 83.0 cm³/mol. The first-order valence-corrected chi connectivity index (χ1v) is 8.70. The Balaban J connectivity index is 2.77. The van der Waals surface area contributed by atoms with Crippen LogP contribution in [-0.2, 0) is 23.0 Å². The fourth-order valence-corrected chi connectivity index (χ4v) is 3.23. The molecule has 0 amide bonds. The number of benzene rings is 1. The summed E-state index contributed by atoms with van der Waals surface area (Å²) in [7, 11) is -3.42. The Morgan fingerprint density at radius 2 is 1.95 bits per heavy atom. The summed E-state index contributed by atoms with van der Waals surface area (Å²) in [4.78, 5) is 0.305. The van der Waals surface area contributed by atoms with Gasteiger partial charge in [0.15, 0.2) is 0 Å². The quantitative estimate of drug-likeness (QED) is 0.724. The second-order valence-corrected chi connectivity index (χ2v) is 7.19. The number of nitrogens with one attached hydrogen (secondary N) is 1. The van der Waals surface area contributed by atoms with E-state index in [1.807, 2.05) is 13.0 Å². The minimum atomic E-state index is -3.42. The minimum absolute atomic E-state index is 0.305. The van der Waals surface area contributed by atoms with E-state index in [9.17, 15) is 8.42 Å². The molecule has 114 valence electrons. The van der Waals surface area contributed by atoms with E-state index < -0.39 is 10.0 Å². The number of hydrogen-bond acceptors (Lipinski definition) is 3. The van der Waals surface area contributed by atoms with Crippen LogP contribution in [0.5, 0.6) is 0 Å². The van der Waals surface area contributed by atoms with Crippen molar-refractivity contribution in [3.05, 3.63) is 29.3 Å². The highest BCUT2D eigenvalue weighted by molar-refractivity contribution is 7.89. The summed E-state index contributed by atoms with van der Waals surface area (Å²) in [5, 5.41) is 0. The summed E-state index contributed by atoms with van der Waals surface area (Å²) >= 11 is 0. The van der Waals surface area contributed by atoms with Crippen molar-refractivity contribution in [1.82, 2.24) is 4.72 Å². The molecule has 0 bridgehead atoms. The highest BCUT2D eigenvalue weighted by Crippen LogP contribution is 2.16. The van der Waals surface area contributed by atoms with Crippen molar-refractivity contribution in [2.75, 3.05) is 6.54 Å². The smallest absolute Gasteiger partial charge is 0.240 e. The van der Waals surface area contributed by atoms with Gasteiger partial charge in [0.05, 0.1) is 4.90 Å². The zero-order chi connectivity index (χ0) is 15.2. The van der Waals surface area contributed by atoms with Gasteiger partial charge >= 0.3 is 0 Å². The van der Waals surface area contributed by atoms with Crippen LogP contribution in [0.1, 0.15) is 44.7 Å². The van der Waals surface area contributed by atoms with Gasteiger partial charge in [-0.3, -0.25) is 0 Å². The molecule has 0 aliphatic rings. The number of hydrogen-bond donors (Lipinski definition) is 2. The lowest BCUT2D eigenvalue weighted by Gasteiger charge is -2.11. The molecular weight excluding hydrogens is 272 g/mol. The van der Waals surface area contributed by atoms with Crippen LogP contribution < -0.4 is 10.5 Å². The van der Waals surface area contributed by atoms with E-state index >= 15 is 0 Å². The first kappa shape index (κ1) is 17.1. The van der Waals surface area contributed by atoms with Gasteiger partial charge in [-0.15, -0.1) is 0 Å². The van der Waals surface area contributed by atoms with Gasteiger partial charge in [-0.05, 0) is 48.4 Å². The Kier molecular flexibility index (Phi) is 6.65. The lowest BCUT2D eigenvalue weighted by atomic mass is 10.1. The van der Waals surface area contributed by atoms with Gasteiger partial charge in [-0.2, -0.15) is 0 Å². The predicted octanol–water partition coefficient (Wildman–Crippen LogP) is 2.42. The first-order valence-electron chi connectivity index (χ1n) is 7.22. The van der Waals surface area contributed by atoms with Crippen molar-refractivity contribution in [3.63, 3.8) is 0 Å². The second kappa shape index (κ2) is 7.76. The third-order valence-corrected chi connectivity index (χ3v) is 4.80. The van der Waals surface area contributed by atoms with Gasteiger partial charge < -0.3 is 5.73 Å². The van der Waals surface area contributed by atoms with Gasteiger partial charge in [-0.1, -0.05) is 26.8 Å². The van der Waals surface area contributed by atoms with Crippen LogP contribution in [0.25, 0.3) is 0 Å². The number of nitrogens with two attached hydrogens (primary N) is 1. The van der Waals surface area contributed by atoms with Crippen LogP contribution >= 0.6 is 0 Å². The van der Waals surface area contributed by atoms with Crippen LogP contribution in [0.15, 0.2) is 23.1 Å². The molecule has 0 saturated heterocycles. The second-order valence-electron chi connectivity index (χ2n) is 5.42. The van der Waals surface area contributed by atoms with E-state index in [0.29, 0.717) is 23.9 Å². The number of aryl methyl sites for hydroxylation is 1. The molecule has 5 heteroatoms. The molecule has 1 aromatic rings. The standard InChI is InChI=1S/C15H26N2O2S/c1-4-13-7-8-15(10-14(13)11-16)20(18,19)17-9-5-6-12(2)3/h7-8,10,12,17H,4-6,9,11,16H2,1-3H3. The fraction of sp³-hybridized carbons (Fsp3) is 0.600. The average molecular weight is 298 g/mol. The van der Waals surface area contributed by atoms with E-state index in [0.717, 1.165) is 30.4 Å². The third-order valence-electron chi connectivity index (χ3n) is 3.34. The third kappa shape index (κ3) is 4.89. The van der Waals surface area contributed by atoms with Crippen LogP contribution in [0.2, 0.25) is 0 Å². The van der Waals surface area contributed by atoms with Crippen molar-refractivity contribution >= 4 is 10.0 Å². The molecule has 0 atom stereocenters. The highest BCUT2D eigenvalue weighted by Gasteiger charge is 2.14. The Bertz CT molecular complexity index is 525. The molecule has 0 unspecified atom stereocenters. The van der Waals surface area contributed by atoms with Gasteiger partial charge in [-0.25, -0.2) is 13.1 Å². The molecule has 0 saturated carbocycles. The molecule has 0 fully saturated rings. The Hall–Kier alpha value is -0.910. The van der Waals surface area contributed by atoms with Gasteiger partial charge in [0.2, 0.25) is 10.0 Å². The maximum Gasteiger partial charge on any atom is 0.240 e. The topological polar surface area (TPSA) is 72.2 Å². The monoisotopic (exact) mass is 298 g/mol. The van der Waals surface area contributed by atoms with Crippen LogP contribution in [0.4, 0.5) is 0 Å². The maximum absolute atomic E-state index is 12.2. The average Bonchev–Trinajstić information content (AvgIpc) is 2.42. The summed E-state index contributed by atoms with van der Waals surface area (Å²) < 4.78 is 27.0.